The van der Waals surface area contributed by atoms with Crippen molar-refractivity contribution in [2.45, 2.75) is 33.2 Å². The van der Waals surface area contributed by atoms with Gasteiger partial charge >= 0.3 is 12.0 Å². The van der Waals surface area contributed by atoms with Crippen molar-refractivity contribution in [3.05, 3.63) is 29.3 Å². The van der Waals surface area contributed by atoms with Gasteiger partial charge in [-0.2, -0.15) is 0 Å². The SMILES string of the molecule is CCC(C)[C@H](NC(=O)Nc1c(F)ccc(C)c1F)C(=O)O. The third-order valence-electron chi connectivity index (χ3n) is 3.29. The van der Waals surface area contributed by atoms with Gasteiger partial charge in [0.2, 0.25) is 0 Å². The molecule has 0 aliphatic carbocycles. The maximum atomic E-state index is 13.7. The molecule has 0 aliphatic rings. The monoisotopic (exact) mass is 300 g/mol. The van der Waals surface area contributed by atoms with Gasteiger partial charge in [-0.3, -0.25) is 0 Å². The van der Waals surface area contributed by atoms with Crippen LogP contribution in [0.4, 0.5) is 19.3 Å². The first-order valence-electron chi connectivity index (χ1n) is 6.52. The van der Waals surface area contributed by atoms with E-state index in [1.54, 1.807) is 13.8 Å². The van der Waals surface area contributed by atoms with Crippen LogP contribution >= 0.6 is 0 Å². The highest BCUT2D eigenvalue weighted by molar-refractivity contribution is 5.92. The van der Waals surface area contributed by atoms with Gasteiger partial charge in [-0.05, 0) is 24.5 Å². The normalized spacial score (nSPS) is 13.4. The quantitative estimate of drug-likeness (QED) is 0.782. The van der Waals surface area contributed by atoms with Crippen molar-refractivity contribution in [3.63, 3.8) is 0 Å². The van der Waals surface area contributed by atoms with Crippen molar-refractivity contribution in [1.82, 2.24) is 5.32 Å². The number of carbonyl (C=O) groups is 2. The standard InChI is InChI=1S/C14H18F2N2O3/c1-4-7(2)11(13(19)20)17-14(21)18-12-9(15)6-5-8(3)10(12)16/h5-7,11H,4H2,1-3H3,(H,19,20)(H2,17,18,21)/t7?,11-/m0/s1. The third kappa shape index (κ3) is 4.14. The van der Waals surface area contributed by atoms with E-state index >= 15 is 0 Å². The summed E-state index contributed by atoms with van der Waals surface area (Å²) in [5.74, 6) is -3.34. The van der Waals surface area contributed by atoms with E-state index in [-0.39, 0.29) is 11.5 Å². The predicted octanol–water partition coefficient (Wildman–Crippen LogP) is 2.89. The van der Waals surface area contributed by atoms with Gasteiger partial charge < -0.3 is 15.7 Å². The van der Waals surface area contributed by atoms with Crippen LogP contribution in [-0.4, -0.2) is 23.1 Å². The summed E-state index contributed by atoms with van der Waals surface area (Å²) in [6.07, 6.45) is 0.532. The summed E-state index contributed by atoms with van der Waals surface area (Å²) >= 11 is 0. The Kier molecular flexibility index (Phi) is 5.63. The lowest BCUT2D eigenvalue weighted by molar-refractivity contribution is -0.140. The van der Waals surface area contributed by atoms with E-state index in [0.717, 1.165) is 6.07 Å². The number of hydrogen-bond donors (Lipinski definition) is 3. The second-order valence-corrected chi connectivity index (χ2v) is 4.85. The molecule has 0 spiro atoms. The van der Waals surface area contributed by atoms with Crippen LogP contribution in [0.15, 0.2) is 12.1 Å². The third-order valence-corrected chi connectivity index (χ3v) is 3.29. The van der Waals surface area contributed by atoms with Crippen LogP contribution < -0.4 is 10.6 Å². The highest BCUT2D eigenvalue weighted by Gasteiger charge is 2.26. The van der Waals surface area contributed by atoms with E-state index in [9.17, 15) is 18.4 Å². The van der Waals surface area contributed by atoms with Crippen molar-refractivity contribution in [1.29, 1.82) is 0 Å². The molecular weight excluding hydrogens is 282 g/mol. The summed E-state index contributed by atoms with van der Waals surface area (Å²) in [6, 6.07) is 0.168. The highest BCUT2D eigenvalue weighted by atomic mass is 19.1. The van der Waals surface area contributed by atoms with Gasteiger partial charge in [-0.25, -0.2) is 18.4 Å². The first-order valence-corrected chi connectivity index (χ1v) is 6.52. The van der Waals surface area contributed by atoms with Crippen molar-refractivity contribution in [2.75, 3.05) is 5.32 Å². The summed E-state index contributed by atoms with van der Waals surface area (Å²) in [6.45, 7) is 4.87. The summed E-state index contributed by atoms with van der Waals surface area (Å²) < 4.78 is 27.3. The molecule has 0 heterocycles. The zero-order chi connectivity index (χ0) is 16.2. The molecule has 2 amide bonds. The van der Waals surface area contributed by atoms with Gasteiger partial charge in [0.05, 0.1) is 0 Å². The number of hydrogen-bond acceptors (Lipinski definition) is 2. The minimum absolute atomic E-state index is 0.170. The number of amides is 2. The fraction of sp³-hybridized carbons (Fsp3) is 0.429. The Balaban J connectivity index is 2.87. The Morgan fingerprint density at radius 3 is 2.48 bits per heavy atom. The van der Waals surface area contributed by atoms with Crippen molar-refractivity contribution < 1.29 is 23.5 Å². The Bertz CT molecular complexity index is 549. The molecule has 1 rings (SSSR count). The second-order valence-electron chi connectivity index (χ2n) is 4.85. The molecule has 0 fully saturated rings. The summed E-state index contributed by atoms with van der Waals surface area (Å²) in [7, 11) is 0. The topological polar surface area (TPSA) is 78.4 Å². The number of rotatable bonds is 5. The van der Waals surface area contributed by atoms with Gasteiger partial charge in [0, 0.05) is 0 Å². The maximum Gasteiger partial charge on any atom is 0.326 e. The fourth-order valence-electron chi connectivity index (χ4n) is 1.75. The largest absolute Gasteiger partial charge is 0.480 e. The number of aliphatic carboxylic acids is 1. The van der Waals surface area contributed by atoms with Crippen LogP contribution in [-0.2, 0) is 4.79 Å². The molecular formula is C14H18F2N2O3. The number of carboxylic acid groups (broad SMARTS) is 1. The summed E-state index contributed by atoms with van der Waals surface area (Å²) in [4.78, 5) is 22.8. The molecule has 0 aliphatic heterocycles. The lowest BCUT2D eigenvalue weighted by atomic mass is 9.99. The van der Waals surface area contributed by atoms with E-state index < -0.39 is 35.4 Å². The predicted molar refractivity (Wildman–Crippen MR) is 74.1 cm³/mol. The zero-order valence-electron chi connectivity index (χ0n) is 12.0. The molecule has 0 bridgehead atoms. The lowest BCUT2D eigenvalue weighted by Gasteiger charge is -2.20. The van der Waals surface area contributed by atoms with E-state index in [1.807, 2.05) is 5.32 Å². The molecule has 0 saturated heterocycles. The molecule has 0 radical (unpaired) electrons. The van der Waals surface area contributed by atoms with E-state index in [1.165, 1.54) is 13.0 Å². The average molecular weight is 300 g/mol. The Morgan fingerprint density at radius 2 is 1.95 bits per heavy atom. The number of nitrogens with one attached hydrogen (secondary N) is 2. The molecule has 1 aromatic carbocycles. The molecule has 1 unspecified atom stereocenters. The van der Waals surface area contributed by atoms with E-state index in [4.69, 9.17) is 5.11 Å². The van der Waals surface area contributed by atoms with Gasteiger partial charge in [-0.15, -0.1) is 0 Å². The van der Waals surface area contributed by atoms with Crippen LogP contribution in [0.5, 0.6) is 0 Å². The number of carboxylic acids is 1. The number of aryl methyl sites for hydroxylation is 1. The minimum atomic E-state index is -1.20. The first-order chi connectivity index (χ1) is 9.77. The number of urea groups is 1. The number of benzene rings is 1. The van der Waals surface area contributed by atoms with Crippen LogP contribution in [0.3, 0.4) is 0 Å². The van der Waals surface area contributed by atoms with Crippen molar-refractivity contribution in [2.24, 2.45) is 5.92 Å². The molecule has 21 heavy (non-hydrogen) atoms. The van der Waals surface area contributed by atoms with Crippen LogP contribution in [0.25, 0.3) is 0 Å². The smallest absolute Gasteiger partial charge is 0.326 e. The number of carbonyl (C=O) groups excluding carboxylic acids is 1. The van der Waals surface area contributed by atoms with Crippen LogP contribution in [0.1, 0.15) is 25.8 Å². The van der Waals surface area contributed by atoms with Gasteiger partial charge in [-0.1, -0.05) is 26.3 Å². The molecule has 2 atom stereocenters. The molecule has 0 saturated carbocycles. The van der Waals surface area contributed by atoms with Crippen LogP contribution in [0.2, 0.25) is 0 Å². The van der Waals surface area contributed by atoms with Gasteiger partial charge in [0.25, 0.3) is 0 Å². The number of anilines is 1. The molecule has 5 nitrogen and oxygen atoms in total. The van der Waals surface area contributed by atoms with E-state index in [2.05, 4.69) is 5.32 Å². The zero-order valence-corrected chi connectivity index (χ0v) is 12.0. The summed E-state index contributed by atoms with van der Waals surface area (Å²) in [5.41, 5.74) is -0.427. The molecule has 7 heteroatoms. The van der Waals surface area contributed by atoms with Gasteiger partial charge in [0.15, 0.2) is 5.82 Å². The minimum Gasteiger partial charge on any atom is -0.480 e. The van der Waals surface area contributed by atoms with E-state index in [0.29, 0.717) is 6.42 Å². The average Bonchev–Trinajstić information content (AvgIpc) is 2.44. The van der Waals surface area contributed by atoms with Crippen molar-refractivity contribution in [3.8, 4) is 0 Å². The highest BCUT2D eigenvalue weighted by Crippen LogP contribution is 2.21. The molecule has 0 aromatic heterocycles. The van der Waals surface area contributed by atoms with Crippen molar-refractivity contribution >= 4 is 17.7 Å². The summed E-state index contributed by atoms with van der Waals surface area (Å²) in [5, 5.41) is 13.3. The molecule has 3 N–H and O–H groups in total. The van der Waals surface area contributed by atoms with Gasteiger partial charge in [0.1, 0.15) is 17.5 Å². The first kappa shape index (κ1) is 16.9. The van der Waals surface area contributed by atoms with Crippen LogP contribution in [0, 0.1) is 24.5 Å². The lowest BCUT2D eigenvalue weighted by Crippen LogP contribution is -2.46. The Labute approximate surface area is 121 Å². The Hall–Kier alpha value is -2.18. The fourth-order valence-corrected chi connectivity index (χ4v) is 1.75. The maximum absolute atomic E-state index is 13.7. The second kappa shape index (κ2) is 7.01. The molecule has 1 aromatic rings. The molecule has 116 valence electrons. The number of halogens is 2. The Morgan fingerprint density at radius 1 is 1.33 bits per heavy atom.